The SMILES string of the molecule is C=C(C)C[C@H](NC(=O)c1cc(C)cc(C)c1)C(N)=O. The number of nitrogens with two attached hydrogens (primary N) is 1. The zero-order chi connectivity index (χ0) is 14.6. The number of carbonyl (C=O) groups excluding carboxylic acids is 2. The predicted octanol–water partition coefficient (Wildman–Crippen LogP) is 1.85. The average molecular weight is 260 g/mol. The molecule has 102 valence electrons. The molecule has 19 heavy (non-hydrogen) atoms. The van der Waals surface area contributed by atoms with Gasteiger partial charge in [-0.05, 0) is 39.3 Å². The van der Waals surface area contributed by atoms with E-state index in [-0.39, 0.29) is 5.91 Å². The third kappa shape index (κ3) is 4.58. The molecular weight excluding hydrogens is 240 g/mol. The summed E-state index contributed by atoms with van der Waals surface area (Å²) in [5.41, 5.74) is 8.61. The van der Waals surface area contributed by atoms with Gasteiger partial charge in [0, 0.05) is 5.56 Å². The molecule has 2 amide bonds. The highest BCUT2D eigenvalue weighted by Crippen LogP contribution is 2.10. The smallest absolute Gasteiger partial charge is 0.251 e. The number of primary amides is 1. The summed E-state index contributed by atoms with van der Waals surface area (Å²) in [6, 6.07) is 4.82. The van der Waals surface area contributed by atoms with E-state index < -0.39 is 11.9 Å². The first-order valence-electron chi connectivity index (χ1n) is 6.12. The quantitative estimate of drug-likeness (QED) is 0.793. The zero-order valence-corrected chi connectivity index (χ0v) is 11.6. The molecule has 1 atom stereocenters. The topological polar surface area (TPSA) is 72.2 Å². The minimum atomic E-state index is -0.717. The van der Waals surface area contributed by atoms with E-state index in [0.29, 0.717) is 12.0 Å². The maximum atomic E-state index is 12.1. The van der Waals surface area contributed by atoms with Crippen molar-refractivity contribution in [1.29, 1.82) is 0 Å². The second-order valence-electron chi connectivity index (χ2n) is 4.97. The molecule has 0 heterocycles. The second-order valence-corrected chi connectivity index (χ2v) is 4.97. The Kier molecular flexibility index (Phi) is 4.87. The molecule has 0 aliphatic carbocycles. The lowest BCUT2D eigenvalue weighted by atomic mass is 10.0. The molecule has 0 aliphatic heterocycles. The fourth-order valence-electron chi connectivity index (χ4n) is 1.92. The van der Waals surface area contributed by atoms with Crippen LogP contribution < -0.4 is 11.1 Å². The third-order valence-corrected chi connectivity index (χ3v) is 2.69. The van der Waals surface area contributed by atoms with Gasteiger partial charge in [-0.15, -0.1) is 6.58 Å². The van der Waals surface area contributed by atoms with Crippen LogP contribution in [-0.2, 0) is 4.79 Å². The van der Waals surface area contributed by atoms with Crippen LogP contribution in [0.15, 0.2) is 30.4 Å². The van der Waals surface area contributed by atoms with E-state index in [1.807, 2.05) is 19.9 Å². The van der Waals surface area contributed by atoms with Gasteiger partial charge >= 0.3 is 0 Å². The van der Waals surface area contributed by atoms with Crippen LogP contribution in [0.2, 0.25) is 0 Å². The Hall–Kier alpha value is -2.10. The summed E-state index contributed by atoms with van der Waals surface area (Å²) in [6.07, 6.45) is 0.353. The van der Waals surface area contributed by atoms with E-state index in [1.165, 1.54) is 0 Å². The third-order valence-electron chi connectivity index (χ3n) is 2.69. The van der Waals surface area contributed by atoms with Crippen LogP contribution in [-0.4, -0.2) is 17.9 Å². The van der Waals surface area contributed by atoms with E-state index in [1.54, 1.807) is 19.1 Å². The molecule has 3 N–H and O–H groups in total. The summed E-state index contributed by atoms with van der Waals surface area (Å²) in [5, 5.41) is 2.64. The van der Waals surface area contributed by atoms with Gasteiger partial charge in [-0.25, -0.2) is 0 Å². The molecule has 0 saturated carbocycles. The monoisotopic (exact) mass is 260 g/mol. The number of carbonyl (C=O) groups is 2. The van der Waals surface area contributed by atoms with Gasteiger partial charge in [0.2, 0.25) is 5.91 Å². The van der Waals surface area contributed by atoms with Gasteiger partial charge in [-0.1, -0.05) is 22.8 Å². The lowest BCUT2D eigenvalue weighted by Crippen LogP contribution is -2.44. The highest BCUT2D eigenvalue weighted by Gasteiger charge is 2.19. The van der Waals surface area contributed by atoms with Crippen LogP contribution >= 0.6 is 0 Å². The minimum Gasteiger partial charge on any atom is -0.368 e. The second kappa shape index (κ2) is 6.18. The molecule has 0 fully saturated rings. The summed E-state index contributed by atoms with van der Waals surface area (Å²) in [5.74, 6) is -0.849. The first-order chi connectivity index (χ1) is 8.79. The lowest BCUT2D eigenvalue weighted by molar-refractivity contribution is -0.119. The molecule has 4 heteroatoms. The Labute approximate surface area is 113 Å². The largest absolute Gasteiger partial charge is 0.368 e. The van der Waals surface area contributed by atoms with E-state index in [9.17, 15) is 9.59 Å². The Morgan fingerprint density at radius 1 is 1.26 bits per heavy atom. The van der Waals surface area contributed by atoms with E-state index >= 15 is 0 Å². The van der Waals surface area contributed by atoms with Crippen molar-refractivity contribution in [2.24, 2.45) is 5.73 Å². The van der Waals surface area contributed by atoms with Crippen molar-refractivity contribution >= 4 is 11.8 Å². The molecule has 0 aliphatic rings. The summed E-state index contributed by atoms with van der Waals surface area (Å²) in [7, 11) is 0. The molecule has 0 bridgehead atoms. The Morgan fingerprint density at radius 2 is 1.79 bits per heavy atom. The Morgan fingerprint density at radius 3 is 2.21 bits per heavy atom. The molecule has 0 radical (unpaired) electrons. The summed E-state index contributed by atoms with van der Waals surface area (Å²) in [4.78, 5) is 23.4. The van der Waals surface area contributed by atoms with Crippen molar-refractivity contribution in [2.75, 3.05) is 0 Å². The van der Waals surface area contributed by atoms with Gasteiger partial charge < -0.3 is 11.1 Å². The van der Waals surface area contributed by atoms with Crippen LogP contribution in [0.5, 0.6) is 0 Å². The Balaban J connectivity index is 2.87. The van der Waals surface area contributed by atoms with Crippen molar-refractivity contribution in [3.8, 4) is 0 Å². The number of rotatable bonds is 5. The van der Waals surface area contributed by atoms with Crippen LogP contribution in [0, 0.1) is 13.8 Å². The minimum absolute atomic E-state index is 0.295. The lowest BCUT2D eigenvalue weighted by Gasteiger charge is -2.16. The number of hydrogen-bond acceptors (Lipinski definition) is 2. The molecule has 0 unspecified atom stereocenters. The number of hydrogen-bond donors (Lipinski definition) is 2. The molecular formula is C15H20N2O2. The fraction of sp³-hybridized carbons (Fsp3) is 0.333. The molecule has 0 spiro atoms. The van der Waals surface area contributed by atoms with Crippen LogP contribution in [0.3, 0.4) is 0 Å². The van der Waals surface area contributed by atoms with E-state index in [0.717, 1.165) is 16.7 Å². The van der Waals surface area contributed by atoms with Crippen LogP contribution in [0.25, 0.3) is 0 Å². The molecule has 0 aromatic heterocycles. The van der Waals surface area contributed by atoms with Crippen molar-refractivity contribution in [1.82, 2.24) is 5.32 Å². The Bertz CT molecular complexity index is 501. The van der Waals surface area contributed by atoms with Crippen LogP contribution in [0.4, 0.5) is 0 Å². The molecule has 1 aromatic carbocycles. The highest BCUT2D eigenvalue weighted by molar-refractivity contribution is 5.97. The first-order valence-corrected chi connectivity index (χ1v) is 6.12. The van der Waals surface area contributed by atoms with Crippen LogP contribution in [0.1, 0.15) is 34.8 Å². The standard InChI is InChI=1S/C15H20N2O2/c1-9(2)5-13(14(16)18)17-15(19)12-7-10(3)6-11(4)8-12/h6-8,13H,1,5H2,2-4H3,(H2,16,18)(H,17,19)/t13-/m0/s1. The van der Waals surface area contributed by atoms with Crippen molar-refractivity contribution in [2.45, 2.75) is 33.2 Å². The first kappa shape index (κ1) is 15.0. The summed E-state index contributed by atoms with van der Waals surface area (Å²) < 4.78 is 0. The maximum absolute atomic E-state index is 12.1. The number of amides is 2. The van der Waals surface area contributed by atoms with E-state index in [4.69, 9.17) is 5.73 Å². The van der Waals surface area contributed by atoms with Gasteiger partial charge in [0.15, 0.2) is 0 Å². The van der Waals surface area contributed by atoms with Gasteiger partial charge in [0.1, 0.15) is 6.04 Å². The van der Waals surface area contributed by atoms with Crippen molar-refractivity contribution < 1.29 is 9.59 Å². The van der Waals surface area contributed by atoms with Crippen molar-refractivity contribution in [3.63, 3.8) is 0 Å². The highest BCUT2D eigenvalue weighted by atomic mass is 16.2. The molecule has 1 aromatic rings. The maximum Gasteiger partial charge on any atom is 0.251 e. The normalized spacial score (nSPS) is 11.7. The predicted molar refractivity (Wildman–Crippen MR) is 75.8 cm³/mol. The summed E-state index contributed by atoms with van der Waals surface area (Å²) in [6.45, 7) is 9.36. The zero-order valence-electron chi connectivity index (χ0n) is 11.6. The van der Waals surface area contributed by atoms with Gasteiger partial charge in [0.05, 0.1) is 0 Å². The fourth-order valence-corrected chi connectivity index (χ4v) is 1.92. The number of aryl methyl sites for hydroxylation is 2. The van der Waals surface area contributed by atoms with E-state index in [2.05, 4.69) is 11.9 Å². The van der Waals surface area contributed by atoms with Gasteiger partial charge in [-0.3, -0.25) is 9.59 Å². The molecule has 1 rings (SSSR count). The number of benzene rings is 1. The average Bonchev–Trinajstić information content (AvgIpc) is 2.25. The van der Waals surface area contributed by atoms with Gasteiger partial charge in [0.25, 0.3) is 5.91 Å². The molecule has 4 nitrogen and oxygen atoms in total. The molecule has 0 saturated heterocycles. The van der Waals surface area contributed by atoms with Gasteiger partial charge in [-0.2, -0.15) is 0 Å². The van der Waals surface area contributed by atoms with Crippen molar-refractivity contribution in [3.05, 3.63) is 47.0 Å². The summed E-state index contributed by atoms with van der Waals surface area (Å²) >= 11 is 0. The number of nitrogens with one attached hydrogen (secondary N) is 1.